The van der Waals surface area contributed by atoms with Gasteiger partial charge in [0, 0.05) is 16.3 Å². The maximum absolute atomic E-state index is 13.2. The first-order valence-electron chi connectivity index (χ1n) is 9.22. The Bertz CT molecular complexity index is 1050. The molecule has 1 atom stereocenters. The zero-order chi connectivity index (χ0) is 19.5. The summed E-state index contributed by atoms with van der Waals surface area (Å²) in [5.74, 6) is 0.801. The second-order valence-electron chi connectivity index (χ2n) is 6.78. The fraction of sp³-hybridized carbons (Fsp3) is 0.174. The van der Waals surface area contributed by atoms with E-state index in [9.17, 15) is 4.79 Å². The average Bonchev–Trinajstić information content (AvgIpc) is 3.46. The zero-order valence-corrected chi connectivity index (χ0v) is 16.7. The number of furan rings is 1. The number of amides is 1. The number of carbonyl (C=O) groups is 1. The van der Waals surface area contributed by atoms with Gasteiger partial charge in [0.15, 0.2) is 0 Å². The van der Waals surface area contributed by atoms with Crippen LogP contribution in [-0.4, -0.2) is 10.5 Å². The molecule has 3 aromatic heterocycles. The lowest BCUT2D eigenvalue weighted by Gasteiger charge is -2.18. The second-order valence-corrected chi connectivity index (χ2v) is 7.76. The van der Waals surface area contributed by atoms with Gasteiger partial charge in [-0.25, -0.2) is 0 Å². The van der Waals surface area contributed by atoms with E-state index in [0.717, 1.165) is 27.6 Å². The minimum absolute atomic E-state index is 0.0685. The Kier molecular flexibility index (Phi) is 5.17. The van der Waals surface area contributed by atoms with Crippen LogP contribution in [0.4, 0.5) is 0 Å². The molecule has 1 aromatic carbocycles. The highest BCUT2D eigenvalue weighted by atomic mass is 32.1. The van der Waals surface area contributed by atoms with E-state index in [1.54, 1.807) is 17.6 Å². The Labute approximate surface area is 168 Å². The topological polar surface area (TPSA) is 47.2 Å². The molecule has 0 radical (unpaired) electrons. The van der Waals surface area contributed by atoms with Crippen LogP contribution in [0.2, 0.25) is 0 Å². The third-order valence-corrected chi connectivity index (χ3v) is 5.89. The van der Waals surface area contributed by atoms with E-state index < -0.39 is 0 Å². The molecule has 0 saturated carbocycles. The van der Waals surface area contributed by atoms with Crippen LogP contribution in [0.5, 0.6) is 0 Å². The molecular weight excluding hydrogens is 368 g/mol. The normalized spacial score (nSPS) is 12.1. The van der Waals surface area contributed by atoms with Gasteiger partial charge in [0.25, 0.3) is 5.91 Å². The van der Waals surface area contributed by atoms with E-state index in [1.165, 1.54) is 0 Å². The molecule has 0 saturated heterocycles. The molecule has 1 unspecified atom stereocenters. The van der Waals surface area contributed by atoms with Gasteiger partial charge >= 0.3 is 0 Å². The van der Waals surface area contributed by atoms with Crippen LogP contribution in [0, 0.1) is 13.8 Å². The van der Waals surface area contributed by atoms with Crippen LogP contribution in [0.15, 0.2) is 76.7 Å². The number of hydrogen-bond acceptors (Lipinski definition) is 3. The number of hydrogen-bond donors (Lipinski definition) is 1. The van der Waals surface area contributed by atoms with Gasteiger partial charge in [-0.15, -0.1) is 11.3 Å². The van der Waals surface area contributed by atoms with Crippen molar-refractivity contribution in [1.29, 1.82) is 0 Å². The molecule has 0 fully saturated rings. The SMILES string of the molecule is Cc1cc(C(=O)NC(c2ccccc2)c2cccs2)c(C)n1Cc1ccco1. The third kappa shape index (κ3) is 3.66. The predicted octanol–water partition coefficient (Wildman–Crippen LogP) is 5.33. The van der Waals surface area contributed by atoms with Crippen molar-refractivity contribution in [3.63, 3.8) is 0 Å². The Morgan fingerprint density at radius 2 is 1.93 bits per heavy atom. The summed E-state index contributed by atoms with van der Waals surface area (Å²) in [4.78, 5) is 14.3. The summed E-state index contributed by atoms with van der Waals surface area (Å²) in [5, 5.41) is 5.26. The molecule has 0 aliphatic rings. The molecule has 1 N–H and O–H groups in total. The average molecular weight is 391 g/mol. The molecule has 4 rings (SSSR count). The summed E-state index contributed by atoms with van der Waals surface area (Å²) < 4.78 is 7.58. The van der Waals surface area contributed by atoms with Crippen molar-refractivity contribution in [1.82, 2.24) is 9.88 Å². The van der Waals surface area contributed by atoms with Crippen molar-refractivity contribution in [3.05, 3.63) is 105 Å². The minimum Gasteiger partial charge on any atom is -0.467 e. The standard InChI is InChI=1S/C23H22N2O2S/c1-16-14-20(17(2)25(16)15-19-10-6-12-27-19)23(26)24-22(21-11-7-13-28-21)18-8-4-3-5-9-18/h3-14,22H,15H2,1-2H3,(H,24,26). The molecule has 0 aliphatic heterocycles. The van der Waals surface area contributed by atoms with Gasteiger partial charge < -0.3 is 14.3 Å². The van der Waals surface area contributed by atoms with E-state index in [1.807, 2.05) is 73.8 Å². The number of benzene rings is 1. The maximum atomic E-state index is 13.2. The van der Waals surface area contributed by atoms with Crippen molar-refractivity contribution in [2.24, 2.45) is 0 Å². The minimum atomic E-state index is -0.165. The molecule has 1 amide bonds. The molecule has 4 nitrogen and oxygen atoms in total. The van der Waals surface area contributed by atoms with Crippen molar-refractivity contribution >= 4 is 17.2 Å². The maximum Gasteiger partial charge on any atom is 0.253 e. The highest BCUT2D eigenvalue weighted by molar-refractivity contribution is 7.10. The number of aryl methyl sites for hydroxylation is 1. The largest absolute Gasteiger partial charge is 0.467 e. The van der Waals surface area contributed by atoms with Gasteiger partial charge in [0.1, 0.15) is 5.76 Å². The number of aromatic nitrogens is 1. The Hall–Kier alpha value is -3.05. The predicted molar refractivity (Wildman–Crippen MR) is 112 cm³/mol. The number of thiophene rings is 1. The summed E-state index contributed by atoms with van der Waals surface area (Å²) in [6.45, 7) is 4.61. The first-order chi connectivity index (χ1) is 13.6. The number of carbonyl (C=O) groups excluding carboxylic acids is 1. The molecule has 142 valence electrons. The van der Waals surface area contributed by atoms with Crippen LogP contribution in [-0.2, 0) is 6.54 Å². The van der Waals surface area contributed by atoms with Crippen molar-refractivity contribution in [3.8, 4) is 0 Å². The zero-order valence-electron chi connectivity index (χ0n) is 15.9. The molecule has 5 heteroatoms. The fourth-order valence-corrected chi connectivity index (χ4v) is 4.26. The van der Waals surface area contributed by atoms with E-state index in [-0.39, 0.29) is 11.9 Å². The Morgan fingerprint density at radius 3 is 2.61 bits per heavy atom. The summed E-state index contributed by atoms with van der Waals surface area (Å²) in [7, 11) is 0. The lowest BCUT2D eigenvalue weighted by atomic mass is 10.0. The van der Waals surface area contributed by atoms with Gasteiger partial charge in [-0.05, 0) is 49.1 Å². The fourth-order valence-electron chi connectivity index (χ4n) is 3.46. The first-order valence-corrected chi connectivity index (χ1v) is 10.1. The van der Waals surface area contributed by atoms with Crippen LogP contribution >= 0.6 is 11.3 Å². The van der Waals surface area contributed by atoms with Crippen LogP contribution in [0.3, 0.4) is 0 Å². The highest BCUT2D eigenvalue weighted by Gasteiger charge is 2.22. The summed E-state index contributed by atoms with van der Waals surface area (Å²) in [6, 6.07) is 19.7. The van der Waals surface area contributed by atoms with Gasteiger partial charge in [-0.2, -0.15) is 0 Å². The quantitative estimate of drug-likeness (QED) is 0.484. The van der Waals surface area contributed by atoms with E-state index in [2.05, 4.69) is 16.0 Å². The van der Waals surface area contributed by atoms with Crippen LogP contribution in [0.1, 0.15) is 44.0 Å². The molecule has 0 spiro atoms. The van der Waals surface area contributed by atoms with Gasteiger partial charge in [-0.1, -0.05) is 36.4 Å². The first kappa shape index (κ1) is 18.3. The Morgan fingerprint density at radius 1 is 1.11 bits per heavy atom. The number of rotatable bonds is 6. The molecule has 3 heterocycles. The number of nitrogens with zero attached hydrogens (tertiary/aromatic N) is 1. The summed E-state index contributed by atoms with van der Waals surface area (Å²) >= 11 is 1.65. The van der Waals surface area contributed by atoms with Crippen LogP contribution < -0.4 is 5.32 Å². The van der Waals surface area contributed by atoms with Gasteiger partial charge in [-0.3, -0.25) is 4.79 Å². The van der Waals surface area contributed by atoms with E-state index >= 15 is 0 Å². The van der Waals surface area contributed by atoms with Crippen molar-refractivity contribution < 1.29 is 9.21 Å². The summed E-state index contributed by atoms with van der Waals surface area (Å²) in [6.07, 6.45) is 1.67. The van der Waals surface area contributed by atoms with E-state index in [4.69, 9.17) is 4.42 Å². The summed E-state index contributed by atoms with van der Waals surface area (Å²) in [5.41, 5.74) is 3.74. The number of nitrogens with one attached hydrogen (secondary N) is 1. The lowest BCUT2D eigenvalue weighted by molar-refractivity contribution is 0.0942. The smallest absolute Gasteiger partial charge is 0.253 e. The molecule has 28 heavy (non-hydrogen) atoms. The highest BCUT2D eigenvalue weighted by Crippen LogP contribution is 2.27. The van der Waals surface area contributed by atoms with Gasteiger partial charge in [0.2, 0.25) is 0 Å². The second kappa shape index (κ2) is 7.90. The van der Waals surface area contributed by atoms with Crippen molar-refractivity contribution in [2.75, 3.05) is 0 Å². The third-order valence-electron chi connectivity index (χ3n) is 4.95. The molecule has 0 aliphatic carbocycles. The van der Waals surface area contributed by atoms with Crippen molar-refractivity contribution in [2.45, 2.75) is 26.4 Å². The molecule has 4 aromatic rings. The van der Waals surface area contributed by atoms with Crippen LogP contribution in [0.25, 0.3) is 0 Å². The monoisotopic (exact) mass is 390 g/mol. The van der Waals surface area contributed by atoms with Gasteiger partial charge in [0.05, 0.1) is 24.4 Å². The van der Waals surface area contributed by atoms with E-state index in [0.29, 0.717) is 12.1 Å². The molecule has 0 bridgehead atoms. The molecular formula is C23H22N2O2S. The Balaban J connectivity index is 1.62. The lowest BCUT2D eigenvalue weighted by Crippen LogP contribution is -2.29.